The second kappa shape index (κ2) is 7.82. The summed E-state index contributed by atoms with van der Waals surface area (Å²) in [4.78, 5) is 12.8. The minimum atomic E-state index is -1.25. The van der Waals surface area contributed by atoms with Crippen LogP contribution in [0.4, 0.5) is 5.95 Å². The Bertz CT molecular complexity index is 1000. The lowest BCUT2D eigenvalue weighted by atomic mass is 10.1. The van der Waals surface area contributed by atoms with Gasteiger partial charge < -0.3 is 25.8 Å². The van der Waals surface area contributed by atoms with Gasteiger partial charge >= 0.3 is 0 Å². The molecule has 11 heteroatoms. The molecule has 1 fully saturated rings. The molecule has 148 valence electrons. The zero-order valence-corrected chi connectivity index (χ0v) is 16.1. The maximum absolute atomic E-state index is 10.3. The summed E-state index contributed by atoms with van der Waals surface area (Å²) in [6.07, 6.45) is -2.87. The highest BCUT2D eigenvalue weighted by Crippen LogP contribution is 2.34. The highest BCUT2D eigenvalue weighted by molar-refractivity contribution is 7.98. The monoisotopic (exact) mass is 423 g/mol. The number of rotatable bonds is 5. The lowest BCUT2D eigenvalue weighted by molar-refractivity contribution is -0.0511. The van der Waals surface area contributed by atoms with Crippen LogP contribution in [0.25, 0.3) is 11.2 Å². The molecule has 0 radical (unpaired) electrons. The number of aliphatic hydroxyl groups is 3. The average molecular weight is 424 g/mol. The van der Waals surface area contributed by atoms with Crippen molar-refractivity contribution < 1.29 is 20.1 Å². The van der Waals surface area contributed by atoms with Crippen molar-refractivity contribution >= 4 is 40.5 Å². The molecule has 28 heavy (non-hydrogen) atoms. The van der Waals surface area contributed by atoms with E-state index in [0.29, 0.717) is 27.0 Å². The van der Waals surface area contributed by atoms with E-state index in [4.69, 9.17) is 22.1 Å². The molecule has 4 atom stereocenters. The van der Waals surface area contributed by atoms with E-state index in [-0.39, 0.29) is 5.95 Å². The van der Waals surface area contributed by atoms with Crippen molar-refractivity contribution in [3.63, 3.8) is 0 Å². The van der Waals surface area contributed by atoms with Crippen molar-refractivity contribution in [1.29, 1.82) is 0 Å². The van der Waals surface area contributed by atoms with Gasteiger partial charge in [-0.2, -0.15) is 4.98 Å². The Hall–Kier alpha value is -1.95. The molecule has 1 saturated heterocycles. The van der Waals surface area contributed by atoms with Gasteiger partial charge in [-0.1, -0.05) is 41.6 Å². The molecule has 3 aromatic rings. The van der Waals surface area contributed by atoms with Crippen LogP contribution in [0.1, 0.15) is 11.8 Å². The highest BCUT2D eigenvalue weighted by atomic mass is 35.5. The standard InChI is InChI=1S/C17H18ClN5O4S/c18-9-4-2-1-3-8(9)6-28-15-11-14(21-17(19)22-15)23(7-20-11)16-13(26)12(25)10(5-24)27-16/h1-4,7,10,12-13,16,24-26H,5-6H2,(H2,19,21,22)/t10-,12+,13-,16-/m0/s1. The molecule has 0 amide bonds. The summed E-state index contributed by atoms with van der Waals surface area (Å²) < 4.78 is 7.04. The van der Waals surface area contributed by atoms with E-state index in [1.54, 1.807) is 0 Å². The maximum Gasteiger partial charge on any atom is 0.223 e. The molecule has 0 unspecified atom stereocenters. The SMILES string of the molecule is Nc1nc(SCc2ccccc2Cl)c2ncn([C@H]3O[C@@H](CO)[C@@H](O)[C@@H]3O)c2n1. The summed E-state index contributed by atoms with van der Waals surface area (Å²) in [5.41, 5.74) is 7.67. The average Bonchev–Trinajstić information content (AvgIpc) is 3.22. The molecular formula is C17H18ClN5O4S. The Labute approximate surface area is 169 Å². The number of aliphatic hydroxyl groups excluding tert-OH is 3. The number of anilines is 1. The maximum atomic E-state index is 10.3. The lowest BCUT2D eigenvalue weighted by Crippen LogP contribution is -2.33. The third kappa shape index (κ3) is 3.43. The van der Waals surface area contributed by atoms with Gasteiger partial charge in [0.2, 0.25) is 5.95 Å². The number of nitrogens with two attached hydrogens (primary N) is 1. The van der Waals surface area contributed by atoms with Crippen molar-refractivity contribution in [3.8, 4) is 0 Å². The van der Waals surface area contributed by atoms with Crippen LogP contribution < -0.4 is 5.73 Å². The number of hydrogen-bond donors (Lipinski definition) is 4. The Morgan fingerprint density at radius 1 is 1.21 bits per heavy atom. The molecule has 4 rings (SSSR count). The number of ether oxygens (including phenoxy) is 1. The smallest absolute Gasteiger partial charge is 0.223 e. The summed E-state index contributed by atoms with van der Waals surface area (Å²) >= 11 is 7.62. The minimum Gasteiger partial charge on any atom is -0.394 e. The van der Waals surface area contributed by atoms with Gasteiger partial charge in [0.1, 0.15) is 28.9 Å². The Morgan fingerprint density at radius 2 is 2.00 bits per heavy atom. The summed E-state index contributed by atoms with van der Waals surface area (Å²) in [5, 5.41) is 30.8. The molecule has 9 nitrogen and oxygen atoms in total. The number of hydrogen-bond acceptors (Lipinski definition) is 9. The number of halogens is 1. The first-order valence-corrected chi connectivity index (χ1v) is 9.84. The number of nitrogens with zero attached hydrogens (tertiary/aromatic N) is 4. The fraction of sp³-hybridized carbons (Fsp3) is 0.353. The van der Waals surface area contributed by atoms with Crippen LogP contribution in [-0.2, 0) is 10.5 Å². The van der Waals surface area contributed by atoms with Gasteiger partial charge in [-0.25, -0.2) is 9.97 Å². The fourth-order valence-electron chi connectivity index (χ4n) is 3.06. The molecule has 1 aromatic carbocycles. The number of aromatic nitrogens is 4. The normalized spacial score (nSPS) is 24.9. The van der Waals surface area contributed by atoms with E-state index < -0.39 is 31.1 Å². The molecule has 0 spiro atoms. The van der Waals surface area contributed by atoms with Gasteiger partial charge in [-0.15, -0.1) is 0 Å². The van der Waals surface area contributed by atoms with Crippen LogP contribution in [0.15, 0.2) is 35.6 Å². The topological polar surface area (TPSA) is 140 Å². The summed E-state index contributed by atoms with van der Waals surface area (Å²) in [7, 11) is 0. The number of thioether (sulfide) groups is 1. The number of benzene rings is 1. The van der Waals surface area contributed by atoms with Crippen molar-refractivity contribution in [2.45, 2.75) is 35.3 Å². The third-order valence-electron chi connectivity index (χ3n) is 4.52. The van der Waals surface area contributed by atoms with E-state index in [9.17, 15) is 15.3 Å². The molecule has 3 heterocycles. The van der Waals surface area contributed by atoms with Crippen LogP contribution in [0.3, 0.4) is 0 Å². The molecule has 1 aliphatic rings. The van der Waals surface area contributed by atoms with Crippen LogP contribution in [-0.4, -0.2) is 59.8 Å². The van der Waals surface area contributed by atoms with Crippen LogP contribution in [0.2, 0.25) is 5.02 Å². The Morgan fingerprint density at radius 3 is 2.71 bits per heavy atom. The van der Waals surface area contributed by atoms with Gasteiger partial charge in [-0.05, 0) is 11.6 Å². The second-order valence-corrected chi connectivity index (χ2v) is 7.69. The third-order valence-corrected chi connectivity index (χ3v) is 5.90. The Kier molecular flexibility index (Phi) is 5.41. The van der Waals surface area contributed by atoms with Crippen LogP contribution in [0, 0.1) is 0 Å². The molecule has 1 aliphatic heterocycles. The fourth-order valence-corrected chi connectivity index (χ4v) is 4.33. The molecule has 2 aromatic heterocycles. The van der Waals surface area contributed by atoms with E-state index >= 15 is 0 Å². The minimum absolute atomic E-state index is 0.0441. The molecular weight excluding hydrogens is 406 g/mol. The molecule has 0 bridgehead atoms. The van der Waals surface area contributed by atoms with Crippen molar-refractivity contribution in [3.05, 3.63) is 41.2 Å². The van der Waals surface area contributed by atoms with Crippen molar-refractivity contribution in [2.75, 3.05) is 12.3 Å². The van der Waals surface area contributed by atoms with Crippen LogP contribution >= 0.6 is 23.4 Å². The van der Waals surface area contributed by atoms with Crippen molar-refractivity contribution in [2.24, 2.45) is 0 Å². The molecule has 0 saturated carbocycles. The number of fused-ring (bicyclic) bond motifs is 1. The van der Waals surface area contributed by atoms with E-state index in [0.717, 1.165) is 5.56 Å². The van der Waals surface area contributed by atoms with E-state index in [2.05, 4.69) is 15.0 Å². The summed E-state index contributed by atoms with van der Waals surface area (Å²) in [6.45, 7) is -0.419. The zero-order chi connectivity index (χ0) is 19.8. The summed E-state index contributed by atoms with van der Waals surface area (Å²) in [5.74, 6) is 0.606. The first-order chi connectivity index (χ1) is 13.5. The van der Waals surface area contributed by atoms with Gasteiger partial charge in [0, 0.05) is 10.8 Å². The predicted molar refractivity (Wildman–Crippen MR) is 104 cm³/mol. The van der Waals surface area contributed by atoms with E-state index in [1.807, 2.05) is 24.3 Å². The zero-order valence-electron chi connectivity index (χ0n) is 14.5. The Balaban J connectivity index is 1.66. The molecule has 5 N–H and O–H groups in total. The quantitative estimate of drug-likeness (QED) is 0.349. The second-order valence-electron chi connectivity index (χ2n) is 6.32. The van der Waals surface area contributed by atoms with Gasteiger partial charge in [0.05, 0.1) is 12.9 Å². The lowest BCUT2D eigenvalue weighted by Gasteiger charge is -2.16. The molecule has 0 aliphatic carbocycles. The first-order valence-electron chi connectivity index (χ1n) is 8.48. The van der Waals surface area contributed by atoms with Gasteiger partial charge in [-0.3, -0.25) is 4.57 Å². The van der Waals surface area contributed by atoms with Crippen LogP contribution in [0.5, 0.6) is 0 Å². The van der Waals surface area contributed by atoms with E-state index in [1.165, 1.54) is 22.7 Å². The van der Waals surface area contributed by atoms with Gasteiger partial charge in [0.15, 0.2) is 11.9 Å². The largest absolute Gasteiger partial charge is 0.394 e. The highest BCUT2D eigenvalue weighted by Gasteiger charge is 2.44. The predicted octanol–water partition coefficient (Wildman–Crippen LogP) is 0.966. The number of nitrogen functional groups attached to an aromatic ring is 1. The first kappa shape index (κ1) is 19.4. The van der Waals surface area contributed by atoms with Crippen molar-refractivity contribution in [1.82, 2.24) is 19.5 Å². The number of imidazole rings is 1. The summed E-state index contributed by atoms with van der Waals surface area (Å²) in [6, 6.07) is 7.51. The van der Waals surface area contributed by atoms with Gasteiger partial charge in [0.25, 0.3) is 0 Å².